The van der Waals surface area contributed by atoms with Crippen LogP contribution in [0.25, 0.3) is 0 Å². The highest BCUT2D eigenvalue weighted by molar-refractivity contribution is 7.98. The average Bonchev–Trinajstić information content (AvgIpc) is 2.57. The number of carbonyl (C=O) groups excluding carboxylic acids is 1. The van der Waals surface area contributed by atoms with E-state index in [1.54, 1.807) is 23.9 Å². The first kappa shape index (κ1) is 16.5. The van der Waals surface area contributed by atoms with Crippen molar-refractivity contribution in [3.05, 3.63) is 29.8 Å². The van der Waals surface area contributed by atoms with Crippen molar-refractivity contribution in [1.29, 1.82) is 0 Å². The van der Waals surface area contributed by atoms with E-state index in [2.05, 4.69) is 0 Å². The molecule has 0 spiro atoms. The zero-order valence-corrected chi connectivity index (χ0v) is 13.4. The van der Waals surface area contributed by atoms with E-state index in [0.29, 0.717) is 31.9 Å². The van der Waals surface area contributed by atoms with Gasteiger partial charge in [-0.05, 0) is 18.4 Å². The SMILES string of the molecule is COC(OC)(C(=O)c1ccc(SC)cc1)N1CCOCC1. The standard InChI is InChI=1S/C15H21NO4S/c1-18-15(19-2,16-8-10-20-11-9-16)14(17)12-4-6-13(21-3)7-5-12/h4-7H,8-11H2,1-3H3. The number of nitrogens with zero attached hydrogens (tertiary/aromatic N) is 1. The lowest BCUT2D eigenvalue weighted by molar-refractivity contribution is -0.267. The number of hydrogen-bond acceptors (Lipinski definition) is 6. The van der Waals surface area contributed by atoms with Gasteiger partial charge in [-0.3, -0.25) is 4.79 Å². The van der Waals surface area contributed by atoms with E-state index in [1.165, 1.54) is 14.2 Å². The summed E-state index contributed by atoms with van der Waals surface area (Å²) in [6, 6.07) is 7.46. The van der Waals surface area contributed by atoms with Crippen LogP contribution in [0.1, 0.15) is 10.4 Å². The molecular weight excluding hydrogens is 290 g/mol. The van der Waals surface area contributed by atoms with Crippen molar-refractivity contribution in [2.45, 2.75) is 10.8 Å². The Morgan fingerprint density at radius 1 is 1.19 bits per heavy atom. The number of rotatable bonds is 6. The Balaban J connectivity index is 2.28. The topological polar surface area (TPSA) is 48.0 Å². The summed E-state index contributed by atoms with van der Waals surface area (Å²) in [4.78, 5) is 15.9. The van der Waals surface area contributed by atoms with Crippen LogP contribution in [0.4, 0.5) is 0 Å². The Bertz CT molecular complexity index is 467. The van der Waals surface area contributed by atoms with Crippen LogP contribution in [0.5, 0.6) is 0 Å². The third kappa shape index (κ3) is 3.30. The Hall–Kier alpha value is -0.920. The van der Waals surface area contributed by atoms with Gasteiger partial charge in [0.05, 0.1) is 13.2 Å². The predicted molar refractivity (Wildman–Crippen MR) is 81.7 cm³/mol. The smallest absolute Gasteiger partial charge is 0.297 e. The van der Waals surface area contributed by atoms with Gasteiger partial charge in [0.25, 0.3) is 5.91 Å². The first-order valence-electron chi connectivity index (χ1n) is 6.80. The van der Waals surface area contributed by atoms with Gasteiger partial charge in [0.15, 0.2) is 0 Å². The molecule has 1 aromatic rings. The van der Waals surface area contributed by atoms with Crippen LogP contribution in [-0.4, -0.2) is 63.4 Å². The van der Waals surface area contributed by atoms with Gasteiger partial charge in [0.1, 0.15) is 0 Å². The second kappa shape index (κ2) is 7.38. The molecule has 0 aliphatic carbocycles. The van der Waals surface area contributed by atoms with Crippen molar-refractivity contribution < 1.29 is 19.0 Å². The quantitative estimate of drug-likeness (QED) is 0.454. The first-order chi connectivity index (χ1) is 10.2. The molecule has 0 atom stereocenters. The van der Waals surface area contributed by atoms with Crippen molar-refractivity contribution in [3.8, 4) is 0 Å². The number of thioether (sulfide) groups is 1. The molecule has 21 heavy (non-hydrogen) atoms. The van der Waals surface area contributed by atoms with Crippen LogP contribution in [0, 0.1) is 0 Å². The molecule has 1 aromatic carbocycles. The third-order valence-corrected chi connectivity index (χ3v) is 4.36. The summed E-state index contributed by atoms with van der Waals surface area (Å²) < 4.78 is 16.3. The van der Waals surface area contributed by atoms with Gasteiger partial charge in [-0.25, -0.2) is 4.90 Å². The fourth-order valence-electron chi connectivity index (χ4n) is 2.45. The highest BCUT2D eigenvalue weighted by atomic mass is 32.2. The second-order valence-electron chi connectivity index (χ2n) is 4.65. The van der Waals surface area contributed by atoms with Gasteiger partial charge in [0.2, 0.25) is 5.78 Å². The molecule has 0 radical (unpaired) electrons. The zero-order valence-electron chi connectivity index (χ0n) is 12.6. The van der Waals surface area contributed by atoms with Crippen molar-refractivity contribution in [2.24, 2.45) is 0 Å². The molecule has 0 amide bonds. The molecule has 1 heterocycles. The number of methoxy groups -OCH3 is 2. The van der Waals surface area contributed by atoms with Crippen LogP contribution in [-0.2, 0) is 14.2 Å². The van der Waals surface area contributed by atoms with Crippen molar-refractivity contribution in [1.82, 2.24) is 4.90 Å². The summed E-state index contributed by atoms with van der Waals surface area (Å²) in [5, 5.41) is 0. The summed E-state index contributed by atoms with van der Waals surface area (Å²) in [6.07, 6.45) is 2.00. The summed E-state index contributed by atoms with van der Waals surface area (Å²) in [5.74, 6) is -1.58. The minimum atomic E-state index is -1.38. The minimum absolute atomic E-state index is 0.193. The number of Topliss-reactive ketones (excluding diaryl/α,β-unsaturated/α-hetero) is 1. The van der Waals surface area contributed by atoms with Gasteiger partial charge < -0.3 is 14.2 Å². The normalized spacial score (nSPS) is 16.9. The molecule has 0 aromatic heterocycles. The van der Waals surface area contributed by atoms with E-state index in [4.69, 9.17) is 14.2 Å². The highest BCUT2D eigenvalue weighted by Gasteiger charge is 2.46. The lowest BCUT2D eigenvalue weighted by Gasteiger charge is -2.41. The van der Waals surface area contributed by atoms with E-state index in [-0.39, 0.29) is 5.78 Å². The van der Waals surface area contributed by atoms with Gasteiger partial charge in [-0.2, -0.15) is 0 Å². The number of hydrogen-bond donors (Lipinski definition) is 0. The number of ketones is 1. The van der Waals surface area contributed by atoms with Crippen molar-refractivity contribution in [2.75, 3.05) is 46.8 Å². The van der Waals surface area contributed by atoms with Gasteiger partial charge in [-0.15, -0.1) is 11.8 Å². The molecule has 1 aliphatic heterocycles. The lowest BCUT2D eigenvalue weighted by Crippen LogP contribution is -2.60. The fourth-order valence-corrected chi connectivity index (χ4v) is 2.86. The summed E-state index contributed by atoms with van der Waals surface area (Å²) in [7, 11) is 2.99. The van der Waals surface area contributed by atoms with Crippen molar-refractivity contribution >= 4 is 17.5 Å². The van der Waals surface area contributed by atoms with Crippen LogP contribution < -0.4 is 0 Å². The predicted octanol–water partition coefficient (Wildman–Crippen LogP) is 1.87. The maximum Gasteiger partial charge on any atom is 0.297 e. The molecule has 0 N–H and O–H groups in total. The molecule has 1 saturated heterocycles. The lowest BCUT2D eigenvalue weighted by atomic mass is 10.1. The Morgan fingerprint density at radius 2 is 1.76 bits per heavy atom. The van der Waals surface area contributed by atoms with Crippen LogP contribution in [0.3, 0.4) is 0 Å². The molecule has 6 heteroatoms. The Labute approximate surface area is 129 Å². The molecule has 116 valence electrons. The summed E-state index contributed by atoms with van der Waals surface area (Å²) >= 11 is 1.64. The summed E-state index contributed by atoms with van der Waals surface area (Å²) in [6.45, 7) is 2.31. The second-order valence-corrected chi connectivity index (χ2v) is 5.53. The minimum Gasteiger partial charge on any atom is -0.379 e. The van der Waals surface area contributed by atoms with Crippen LogP contribution in [0.15, 0.2) is 29.2 Å². The third-order valence-electron chi connectivity index (χ3n) is 3.62. The highest BCUT2D eigenvalue weighted by Crippen LogP contribution is 2.25. The maximum absolute atomic E-state index is 12.9. The van der Waals surface area contributed by atoms with E-state index in [9.17, 15) is 4.79 Å². The number of benzene rings is 1. The van der Waals surface area contributed by atoms with Crippen molar-refractivity contribution in [3.63, 3.8) is 0 Å². The maximum atomic E-state index is 12.9. The van der Waals surface area contributed by atoms with E-state index in [1.807, 2.05) is 23.3 Å². The molecule has 1 fully saturated rings. The van der Waals surface area contributed by atoms with E-state index in [0.717, 1.165) is 4.90 Å². The Kier molecular flexibility index (Phi) is 5.78. The van der Waals surface area contributed by atoms with E-state index < -0.39 is 5.91 Å². The number of carbonyl (C=O) groups is 1. The number of morpholine rings is 1. The molecule has 0 unspecified atom stereocenters. The molecule has 0 bridgehead atoms. The average molecular weight is 311 g/mol. The first-order valence-corrected chi connectivity index (χ1v) is 8.02. The summed E-state index contributed by atoms with van der Waals surface area (Å²) in [5.41, 5.74) is 0.572. The molecular formula is C15H21NO4S. The molecule has 1 aliphatic rings. The Morgan fingerprint density at radius 3 is 2.24 bits per heavy atom. The molecule has 2 rings (SSSR count). The van der Waals surface area contributed by atoms with Crippen LogP contribution in [0.2, 0.25) is 0 Å². The number of ether oxygens (including phenoxy) is 3. The molecule has 0 saturated carbocycles. The van der Waals surface area contributed by atoms with Gasteiger partial charge in [-0.1, -0.05) is 12.1 Å². The van der Waals surface area contributed by atoms with Gasteiger partial charge in [0, 0.05) is 37.8 Å². The monoisotopic (exact) mass is 311 g/mol. The zero-order chi connectivity index (χ0) is 15.3. The largest absolute Gasteiger partial charge is 0.379 e. The fraction of sp³-hybridized carbons (Fsp3) is 0.533. The van der Waals surface area contributed by atoms with E-state index >= 15 is 0 Å². The molecule has 5 nitrogen and oxygen atoms in total. The van der Waals surface area contributed by atoms with Gasteiger partial charge >= 0.3 is 0 Å². The van der Waals surface area contributed by atoms with Crippen LogP contribution >= 0.6 is 11.8 Å².